The lowest BCUT2D eigenvalue weighted by Crippen LogP contribution is -2.07. The molecule has 0 saturated carbocycles. The number of amides is 1. The first-order valence-corrected chi connectivity index (χ1v) is 10.3. The normalized spacial score (nSPS) is 10.6. The summed E-state index contributed by atoms with van der Waals surface area (Å²) >= 11 is 1.65. The zero-order valence-electron chi connectivity index (χ0n) is 16.2. The number of pyridine rings is 1. The van der Waals surface area contributed by atoms with E-state index in [-0.39, 0.29) is 5.91 Å². The van der Waals surface area contributed by atoms with Crippen molar-refractivity contribution in [3.63, 3.8) is 0 Å². The molecule has 30 heavy (non-hydrogen) atoms. The van der Waals surface area contributed by atoms with Crippen LogP contribution >= 0.6 is 11.8 Å². The molecule has 4 aromatic rings. The Bertz CT molecular complexity index is 1150. The lowest BCUT2D eigenvalue weighted by Gasteiger charge is -2.07. The predicted octanol–water partition coefficient (Wildman–Crippen LogP) is 5.13. The van der Waals surface area contributed by atoms with E-state index in [4.69, 9.17) is 4.42 Å². The van der Waals surface area contributed by atoms with Crippen LogP contribution in [0, 0.1) is 0 Å². The minimum absolute atomic E-state index is 0.144. The molecular weight excluding hydrogens is 398 g/mol. The molecule has 2 aromatic carbocycles. The number of hydrogen-bond acceptors (Lipinski definition) is 7. The summed E-state index contributed by atoms with van der Waals surface area (Å²) < 4.78 is 5.83. The number of nitrogens with one attached hydrogen (secondary N) is 2. The second-order valence-corrected chi connectivity index (χ2v) is 7.44. The van der Waals surface area contributed by atoms with Crippen LogP contribution in [0.1, 0.15) is 12.5 Å². The highest BCUT2D eigenvalue weighted by Gasteiger charge is 2.13. The summed E-state index contributed by atoms with van der Waals surface area (Å²) in [7, 11) is 0. The molecule has 0 fully saturated rings. The van der Waals surface area contributed by atoms with E-state index in [1.165, 1.54) is 6.92 Å². The van der Waals surface area contributed by atoms with Gasteiger partial charge in [-0.25, -0.2) is 4.98 Å². The summed E-state index contributed by atoms with van der Waals surface area (Å²) in [6, 6.07) is 21.7. The summed E-state index contributed by atoms with van der Waals surface area (Å²) in [4.78, 5) is 16.4. The Labute approximate surface area is 178 Å². The van der Waals surface area contributed by atoms with Crippen molar-refractivity contribution in [1.82, 2.24) is 15.2 Å². The Morgan fingerprint density at radius 3 is 2.67 bits per heavy atom. The van der Waals surface area contributed by atoms with Crippen LogP contribution in [0.4, 0.5) is 17.5 Å². The molecule has 0 radical (unpaired) electrons. The van der Waals surface area contributed by atoms with E-state index in [1.54, 1.807) is 18.0 Å². The van der Waals surface area contributed by atoms with E-state index in [9.17, 15) is 4.79 Å². The highest BCUT2D eigenvalue weighted by atomic mass is 32.2. The Hall–Kier alpha value is -3.65. The van der Waals surface area contributed by atoms with Crippen LogP contribution < -0.4 is 10.6 Å². The molecule has 2 heterocycles. The molecule has 2 aromatic heterocycles. The van der Waals surface area contributed by atoms with Gasteiger partial charge in [0.25, 0.3) is 5.89 Å². The summed E-state index contributed by atoms with van der Waals surface area (Å²) in [5.74, 6) is 1.55. The fourth-order valence-electron chi connectivity index (χ4n) is 2.77. The maximum absolute atomic E-state index is 11.2. The number of hydrogen-bond donors (Lipinski definition) is 2. The van der Waals surface area contributed by atoms with Gasteiger partial charge in [0.2, 0.25) is 5.91 Å². The van der Waals surface area contributed by atoms with E-state index in [0.717, 1.165) is 21.7 Å². The van der Waals surface area contributed by atoms with E-state index in [2.05, 4.69) is 25.8 Å². The van der Waals surface area contributed by atoms with Gasteiger partial charge in [0.05, 0.1) is 5.56 Å². The maximum Gasteiger partial charge on any atom is 0.320 e. The van der Waals surface area contributed by atoms with E-state index < -0.39 is 0 Å². The topological polar surface area (TPSA) is 92.9 Å². The molecule has 7 nitrogen and oxygen atoms in total. The minimum atomic E-state index is -0.144. The predicted molar refractivity (Wildman–Crippen MR) is 118 cm³/mol. The zero-order valence-corrected chi connectivity index (χ0v) is 17.0. The molecule has 0 aliphatic heterocycles. The van der Waals surface area contributed by atoms with E-state index in [1.807, 2.05) is 66.7 Å². The molecule has 8 heteroatoms. The van der Waals surface area contributed by atoms with Crippen LogP contribution in [0.5, 0.6) is 0 Å². The van der Waals surface area contributed by atoms with Crippen LogP contribution in [0.25, 0.3) is 11.5 Å². The third kappa shape index (κ3) is 5.03. The van der Waals surface area contributed by atoms with Crippen LogP contribution in [0.2, 0.25) is 0 Å². The fraction of sp³-hybridized carbons (Fsp3) is 0.0909. The third-order valence-electron chi connectivity index (χ3n) is 4.09. The summed E-state index contributed by atoms with van der Waals surface area (Å²) in [6.45, 7) is 1.46. The van der Waals surface area contributed by atoms with E-state index in [0.29, 0.717) is 23.5 Å². The van der Waals surface area contributed by atoms with E-state index >= 15 is 0 Å². The first kappa shape index (κ1) is 19.7. The number of nitrogens with zero attached hydrogens (tertiary/aromatic N) is 3. The van der Waals surface area contributed by atoms with Gasteiger partial charge in [-0.05, 0) is 42.0 Å². The third-order valence-corrected chi connectivity index (χ3v) is 5.23. The fourth-order valence-corrected chi connectivity index (χ4v) is 3.76. The number of anilines is 3. The van der Waals surface area contributed by atoms with Gasteiger partial charge in [-0.1, -0.05) is 35.4 Å². The summed E-state index contributed by atoms with van der Waals surface area (Å²) in [5, 5.41) is 14.1. The van der Waals surface area contributed by atoms with Crippen LogP contribution in [-0.4, -0.2) is 21.1 Å². The van der Waals surface area contributed by atoms with Crippen molar-refractivity contribution in [2.45, 2.75) is 17.6 Å². The second kappa shape index (κ2) is 9.23. The Morgan fingerprint density at radius 2 is 1.83 bits per heavy atom. The quantitative estimate of drug-likeness (QED) is 0.403. The van der Waals surface area contributed by atoms with Gasteiger partial charge in [0.1, 0.15) is 5.82 Å². The lowest BCUT2D eigenvalue weighted by molar-refractivity contribution is -0.114. The smallest absolute Gasteiger partial charge is 0.320 e. The average Bonchev–Trinajstić information content (AvgIpc) is 3.21. The minimum Gasteiger partial charge on any atom is -0.403 e. The molecule has 0 aliphatic rings. The molecule has 0 saturated heterocycles. The van der Waals surface area contributed by atoms with Gasteiger partial charge in [-0.2, -0.15) is 0 Å². The number of carbonyl (C=O) groups excluding carboxylic acids is 1. The monoisotopic (exact) mass is 417 g/mol. The van der Waals surface area contributed by atoms with Gasteiger partial charge in [-0.15, -0.1) is 16.9 Å². The molecule has 2 N–H and O–H groups in total. The number of rotatable bonds is 7. The number of carbonyl (C=O) groups is 1. The Morgan fingerprint density at radius 1 is 1.03 bits per heavy atom. The van der Waals surface area contributed by atoms with Gasteiger partial charge < -0.3 is 15.1 Å². The van der Waals surface area contributed by atoms with Crippen molar-refractivity contribution >= 4 is 35.2 Å². The molecule has 0 bridgehead atoms. The largest absolute Gasteiger partial charge is 0.403 e. The van der Waals surface area contributed by atoms with Gasteiger partial charge >= 0.3 is 6.01 Å². The second-order valence-electron chi connectivity index (χ2n) is 6.42. The van der Waals surface area contributed by atoms with Crippen LogP contribution in [0.3, 0.4) is 0 Å². The SMILES string of the molecule is CC(=O)Nc1cc(CSc2ccccc2-c2nnc(Nc3ccccc3)o2)ccn1. The number of para-hydroxylation sites is 1. The molecule has 4 rings (SSSR count). The summed E-state index contributed by atoms with van der Waals surface area (Å²) in [6.07, 6.45) is 1.69. The molecule has 0 spiro atoms. The molecular formula is C22H19N5O2S. The van der Waals surface area contributed by atoms with Crippen LogP contribution in [-0.2, 0) is 10.5 Å². The van der Waals surface area contributed by atoms with Crippen LogP contribution in [0.15, 0.2) is 82.2 Å². The van der Waals surface area contributed by atoms with Crippen molar-refractivity contribution in [1.29, 1.82) is 0 Å². The molecule has 0 aliphatic carbocycles. The van der Waals surface area contributed by atoms with Crippen molar-refractivity contribution in [3.8, 4) is 11.5 Å². The Kier molecular flexibility index (Phi) is 6.05. The first-order valence-electron chi connectivity index (χ1n) is 9.28. The highest BCUT2D eigenvalue weighted by molar-refractivity contribution is 7.98. The van der Waals surface area contributed by atoms with Gasteiger partial charge in [0.15, 0.2) is 0 Å². The highest BCUT2D eigenvalue weighted by Crippen LogP contribution is 2.33. The van der Waals surface area contributed by atoms with Gasteiger partial charge in [-0.3, -0.25) is 4.79 Å². The number of benzene rings is 2. The lowest BCUT2D eigenvalue weighted by atomic mass is 10.2. The average molecular weight is 417 g/mol. The number of aromatic nitrogens is 3. The van der Waals surface area contributed by atoms with Crippen molar-refractivity contribution < 1.29 is 9.21 Å². The standard InChI is InChI=1S/C22H19N5O2S/c1-15(28)24-20-13-16(11-12-23-20)14-30-19-10-6-5-9-18(19)21-26-27-22(29-21)25-17-7-3-2-4-8-17/h2-13H,14H2,1H3,(H,25,27)(H,23,24,28). The number of thioether (sulfide) groups is 1. The van der Waals surface area contributed by atoms with Crippen molar-refractivity contribution in [3.05, 3.63) is 78.5 Å². The van der Waals surface area contributed by atoms with Crippen molar-refractivity contribution in [2.75, 3.05) is 10.6 Å². The molecule has 0 atom stereocenters. The maximum atomic E-state index is 11.2. The molecule has 150 valence electrons. The molecule has 1 amide bonds. The van der Waals surface area contributed by atoms with Gasteiger partial charge in [0, 0.05) is 29.5 Å². The first-order chi connectivity index (χ1) is 14.7. The molecule has 0 unspecified atom stereocenters. The Balaban J connectivity index is 1.49. The zero-order chi connectivity index (χ0) is 20.8. The summed E-state index contributed by atoms with van der Waals surface area (Å²) in [5.41, 5.74) is 2.79. The van der Waals surface area contributed by atoms with Crippen molar-refractivity contribution in [2.24, 2.45) is 0 Å².